The molecule has 0 saturated carbocycles. The molecule has 210 valence electrons. The molecular weight excluding hydrogens is 576 g/mol. The lowest BCUT2D eigenvalue weighted by molar-refractivity contribution is -0.143. The number of aliphatic hydroxyl groups excluding tert-OH is 1. The molecule has 0 unspecified atom stereocenters. The van der Waals surface area contributed by atoms with Crippen LogP contribution in [-0.2, 0) is 20.7 Å². The van der Waals surface area contributed by atoms with Gasteiger partial charge in [0, 0.05) is 42.6 Å². The number of morpholine rings is 1. The zero-order chi connectivity index (χ0) is 28.0. The highest BCUT2D eigenvalue weighted by atomic mass is 79.9. The lowest BCUT2D eigenvalue weighted by Gasteiger charge is -2.37. The number of hydrogen-bond donors (Lipinski definition) is 1. The largest absolute Gasteiger partial charge is 0.497 e. The Morgan fingerprint density at radius 2 is 1.85 bits per heavy atom. The van der Waals surface area contributed by atoms with E-state index in [9.17, 15) is 4.79 Å². The van der Waals surface area contributed by atoms with Gasteiger partial charge in [0.25, 0.3) is 5.91 Å². The van der Waals surface area contributed by atoms with Crippen LogP contribution in [0.3, 0.4) is 0 Å². The highest BCUT2D eigenvalue weighted by molar-refractivity contribution is 9.10. The van der Waals surface area contributed by atoms with Crippen molar-refractivity contribution in [1.29, 1.82) is 0 Å². The average molecular weight is 610 g/mol. The minimum Gasteiger partial charge on any atom is -0.497 e. The second-order valence-electron chi connectivity index (χ2n) is 9.74. The Morgan fingerprint density at radius 3 is 2.58 bits per heavy atom. The summed E-state index contributed by atoms with van der Waals surface area (Å²) < 4.78 is 24.3. The first-order valence-electron chi connectivity index (χ1n) is 13.4. The van der Waals surface area contributed by atoms with Crippen molar-refractivity contribution in [3.8, 4) is 11.5 Å². The molecule has 5 rings (SSSR count). The summed E-state index contributed by atoms with van der Waals surface area (Å²) in [5.74, 6) is 1.65. The zero-order valence-electron chi connectivity index (χ0n) is 22.4. The fraction of sp³-hybridized carbons (Fsp3) is 0.355. The van der Waals surface area contributed by atoms with Gasteiger partial charge in [-0.25, -0.2) is 4.99 Å². The minimum absolute atomic E-state index is 0.0746. The van der Waals surface area contributed by atoms with Crippen molar-refractivity contribution in [3.63, 3.8) is 0 Å². The number of carbonyl (C=O) groups is 1. The average Bonchev–Trinajstić information content (AvgIpc) is 3.39. The molecule has 0 bridgehead atoms. The van der Waals surface area contributed by atoms with Gasteiger partial charge >= 0.3 is 0 Å². The molecule has 1 N–H and O–H groups in total. The SMILES string of the molecule is COc1cccc([C@H]2OC(c3ccc(OCCCO)cc3)=N[C@@]2(Cc2ccccc2Br)C(=O)N2CCOCC2)c1. The van der Waals surface area contributed by atoms with Gasteiger partial charge in [0.1, 0.15) is 11.5 Å². The van der Waals surface area contributed by atoms with E-state index < -0.39 is 11.6 Å². The maximum absolute atomic E-state index is 14.6. The van der Waals surface area contributed by atoms with E-state index in [2.05, 4.69) is 15.9 Å². The van der Waals surface area contributed by atoms with E-state index in [4.69, 9.17) is 29.0 Å². The maximum Gasteiger partial charge on any atom is 0.255 e. The Kier molecular flexibility index (Phi) is 9.04. The molecule has 0 radical (unpaired) electrons. The van der Waals surface area contributed by atoms with Gasteiger partial charge in [-0.3, -0.25) is 4.79 Å². The molecule has 2 atom stereocenters. The summed E-state index contributed by atoms with van der Waals surface area (Å²) in [7, 11) is 1.62. The van der Waals surface area contributed by atoms with Crippen molar-refractivity contribution in [3.05, 3.63) is 94.0 Å². The summed E-state index contributed by atoms with van der Waals surface area (Å²) in [5, 5.41) is 9.03. The predicted molar refractivity (Wildman–Crippen MR) is 155 cm³/mol. The monoisotopic (exact) mass is 608 g/mol. The van der Waals surface area contributed by atoms with Crippen molar-refractivity contribution < 1.29 is 28.8 Å². The Balaban J connectivity index is 1.60. The van der Waals surface area contributed by atoms with Crippen molar-refractivity contribution in [2.75, 3.05) is 46.6 Å². The topological polar surface area (TPSA) is 89.8 Å². The third kappa shape index (κ3) is 6.01. The number of benzene rings is 3. The molecule has 3 aromatic carbocycles. The third-order valence-corrected chi connectivity index (χ3v) is 7.89. The fourth-order valence-electron chi connectivity index (χ4n) is 5.04. The van der Waals surface area contributed by atoms with Gasteiger partial charge in [0.15, 0.2) is 11.6 Å². The first-order chi connectivity index (χ1) is 19.5. The first kappa shape index (κ1) is 28.1. The van der Waals surface area contributed by atoms with E-state index >= 15 is 0 Å². The number of carbonyl (C=O) groups excluding carboxylic acids is 1. The van der Waals surface area contributed by atoms with Crippen LogP contribution in [0, 0.1) is 0 Å². The third-order valence-electron chi connectivity index (χ3n) is 7.12. The van der Waals surface area contributed by atoms with Crippen molar-refractivity contribution in [2.45, 2.75) is 24.5 Å². The molecule has 2 heterocycles. The number of ether oxygens (including phenoxy) is 4. The Hall–Kier alpha value is -3.40. The fourth-order valence-corrected chi connectivity index (χ4v) is 5.47. The molecule has 0 aromatic heterocycles. The van der Waals surface area contributed by atoms with E-state index in [0.717, 1.165) is 21.2 Å². The van der Waals surface area contributed by atoms with Gasteiger partial charge in [0.05, 0.1) is 26.9 Å². The number of halogens is 1. The standard InChI is InChI=1S/C31H33BrN2O6/c1-37-26-8-4-7-23(20-26)28-31(21-24-6-2-3-9-27(24)32,30(36)34-14-18-38-19-15-34)33-29(40-28)22-10-12-25(13-11-22)39-17-5-16-35/h2-4,6-13,20,28,35H,5,14-19,21H2,1H3/t28-,31-/m1/s1. The Bertz CT molecular complexity index is 1340. The smallest absolute Gasteiger partial charge is 0.255 e. The van der Waals surface area contributed by atoms with Crippen LogP contribution >= 0.6 is 15.9 Å². The van der Waals surface area contributed by atoms with E-state index in [1.54, 1.807) is 7.11 Å². The van der Waals surface area contributed by atoms with Crippen molar-refractivity contribution in [1.82, 2.24) is 4.90 Å². The molecule has 40 heavy (non-hydrogen) atoms. The molecule has 1 fully saturated rings. The quantitative estimate of drug-likeness (QED) is 0.339. The van der Waals surface area contributed by atoms with Crippen LogP contribution in [0.25, 0.3) is 0 Å². The van der Waals surface area contributed by atoms with Gasteiger partial charge in [-0.15, -0.1) is 0 Å². The molecule has 2 aliphatic rings. The lowest BCUT2D eigenvalue weighted by atomic mass is 9.81. The number of aliphatic hydroxyl groups is 1. The number of methoxy groups -OCH3 is 1. The van der Waals surface area contributed by atoms with Crippen LogP contribution in [0.2, 0.25) is 0 Å². The van der Waals surface area contributed by atoms with Crippen molar-refractivity contribution in [2.24, 2.45) is 4.99 Å². The lowest BCUT2D eigenvalue weighted by Crippen LogP contribution is -2.54. The zero-order valence-corrected chi connectivity index (χ0v) is 24.0. The van der Waals surface area contributed by atoms with E-state index in [-0.39, 0.29) is 12.5 Å². The molecule has 0 spiro atoms. The first-order valence-corrected chi connectivity index (χ1v) is 14.2. The molecule has 1 saturated heterocycles. The van der Waals surface area contributed by atoms with Crippen LogP contribution < -0.4 is 9.47 Å². The molecule has 0 aliphatic carbocycles. The molecular formula is C31H33BrN2O6. The molecule has 3 aromatic rings. The van der Waals surface area contributed by atoms with E-state index in [0.29, 0.717) is 63.1 Å². The van der Waals surface area contributed by atoms with Gasteiger partial charge in [-0.1, -0.05) is 46.3 Å². The highest BCUT2D eigenvalue weighted by Crippen LogP contribution is 2.45. The highest BCUT2D eigenvalue weighted by Gasteiger charge is 2.55. The number of amides is 1. The second-order valence-corrected chi connectivity index (χ2v) is 10.6. The summed E-state index contributed by atoms with van der Waals surface area (Å²) in [4.78, 5) is 21.5. The van der Waals surface area contributed by atoms with Crippen LogP contribution in [0.5, 0.6) is 11.5 Å². The van der Waals surface area contributed by atoms with E-state index in [1.165, 1.54) is 0 Å². The summed E-state index contributed by atoms with van der Waals surface area (Å²) in [6.07, 6.45) is 0.194. The Labute approximate surface area is 242 Å². The summed E-state index contributed by atoms with van der Waals surface area (Å²) in [6, 6.07) is 23.0. The maximum atomic E-state index is 14.6. The number of rotatable bonds is 10. The second kappa shape index (κ2) is 12.8. The minimum atomic E-state index is -1.26. The predicted octanol–water partition coefficient (Wildman–Crippen LogP) is 4.58. The molecule has 1 amide bonds. The van der Waals surface area contributed by atoms with Crippen LogP contribution in [0.15, 0.2) is 82.3 Å². The van der Waals surface area contributed by atoms with Gasteiger partial charge in [-0.05, 0) is 53.6 Å². The van der Waals surface area contributed by atoms with Gasteiger partial charge < -0.3 is 29.0 Å². The molecule has 2 aliphatic heterocycles. The van der Waals surface area contributed by atoms with E-state index in [1.807, 2.05) is 77.7 Å². The summed E-state index contributed by atoms with van der Waals surface area (Å²) in [5.41, 5.74) is 1.24. The summed E-state index contributed by atoms with van der Waals surface area (Å²) >= 11 is 3.68. The molecule has 8 nitrogen and oxygen atoms in total. The van der Waals surface area contributed by atoms with Gasteiger partial charge in [0.2, 0.25) is 5.90 Å². The van der Waals surface area contributed by atoms with Gasteiger partial charge in [-0.2, -0.15) is 0 Å². The number of hydrogen-bond acceptors (Lipinski definition) is 7. The summed E-state index contributed by atoms with van der Waals surface area (Å²) in [6.45, 7) is 2.45. The number of nitrogens with zero attached hydrogens (tertiary/aromatic N) is 2. The van der Waals surface area contributed by atoms with Crippen LogP contribution in [-0.4, -0.2) is 74.0 Å². The number of aliphatic imine (C=N–C) groups is 1. The normalized spacial score (nSPS) is 20.5. The van der Waals surface area contributed by atoms with Crippen LogP contribution in [0.4, 0.5) is 0 Å². The Morgan fingerprint density at radius 1 is 1.07 bits per heavy atom. The van der Waals surface area contributed by atoms with Crippen molar-refractivity contribution >= 4 is 27.7 Å². The van der Waals surface area contributed by atoms with Crippen LogP contribution in [0.1, 0.15) is 29.2 Å². The molecule has 9 heteroatoms.